The highest BCUT2D eigenvalue weighted by atomic mass is 16.5. The summed E-state index contributed by atoms with van der Waals surface area (Å²) in [5, 5.41) is 0. The Morgan fingerprint density at radius 2 is 0.885 bits per heavy atom. The average Bonchev–Trinajstić information content (AvgIpc) is 2.58. The lowest BCUT2D eigenvalue weighted by atomic mass is 9.96. The van der Waals surface area contributed by atoms with Crippen molar-refractivity contribution in [2.24, 2.45) is 5.92 Å². The van der Waals surface area contributed by atoms with Crippen molar-refractivity contribution in [3.63, 3.8) is 0 Å². The van der Waals surface area contributed by atoms with Crippen molar-refractivity contribution < 1.29 is 19.1 Å². The van der Waals surface area contributed by atoms with Crippen molar-refractivity contribution in [3.8, 4) is 0 Å². The number of carbonyl (C=O) groups is 2. The molecule has 26 heavy (non-hydrogen) atoms. The molecular weight excluding hydrogens is 328 g/mol. The van der Waals surface area contributed by atoms with Crippen molar-refractivity contribution in [1.29, 1.82) is 0 Å². The van der Waals surface area contributed by atoms with Gasteiger partial charge in [0.25, 0.3) is 0 Å². The normalized spacial score (nSPS) is 10.9. The molecule has 0 saturated heterocycles. The summed E-state index contributed by atoms with van der Waals surface area (Å²) < 4.78 is 9.86. The Kier molecular flexibility index (Phi) is 18.0. The molecule has 0 fully saturated rings. The predicted octanol–water partition coefficient (Wildman–Crippen LogP) is 6.21. The first-order chi connectivity index (χ1) is 12.5. The van der Waals surface area contributed by atoms with Crippen molar-refractivity contribution >= 4 is 11.9 Å². The summed E-state index contributed by atoms with van der Waals surface area (Å²) >= 11 is 0. The van der Waals surface area contributed by atoms with Crippen LogP contribution in [0, 0.1) is 5.92 Å². The highest BCUT2D eigenvalue weighted by Crippen LogP contribution is 2.18. The van der Waals surface area contributed by atoms with Crippen LogP contribution in [0.2, 0.25) is 0 Å². The third-order valence-corrected chi connectivity index (χ3v) is 4.79. The Morgan fingerprint density at radius 1 is 0.577 bits per heavy atom. The molecule has 4 nitrogen and oxygen atoms in total. The van der Waals surface area contributed by atoms with E-state index in [9.17, 15) is 9.59 Å². The summed E-state index contributed by atoms with van der Waals surface area (Å²) in [5.74, 6) is 0.513. The summed E-state index contributed by atoms with van der Waals surface area (Å²) in [6.45, 7) is 6.49. The molecule has 0 spiro atoms. The SMILES string of the molecule is CC(=O)OCCCCCCCCC(C)CCCCCCCCOC(C)=O. The zero-order chi connectivity index (χ0) is 19.5. The Hall–Kier alpha value is -1.06. The van der Waals surface area contributed by atoms with Gasteiger partial charge in [-0.3, -0.25) is 9.59 Å². The molecule has 0 unspecified atom stereocenters. The van der Waals surface area contributed by atoms with E-state index in [2.05, 4.69) is 6.92 Å². The first kappa shape index (κ1) is 24.9. The molecule has 0 aliphatic carbocycles. The van der Waals surface area contributed by atoms with Gasteiger partial charge in [0.1, 0.15) is 0 Å². The number of hydrogen-bond donors (Lipinski definition) is 0. The molecule has 0 bridgehead atoms. The number of carbonyl (C=O) groups excluding carboxylic acids is 2. The number of unbranched alkanes of at least 4 members (excludes halogenated alkanes) is 10. The van der Waals surface area contributed by atoms with Gasteiger partial charge in [0.2, 0.25) is 0 Å². The molecule has 0 saturated carbocycles. The van der Waals surface area contributed by atoms with Gasteiger partial charge in [-0.1, -0.05) is 84.0 Å². The van der Waals surface area contributed by atoms with E-state index in [0.29, 0.717) is 13.2 Å². The highest BCUT2D eigenvalue weighted by Gasteiger charge is 2.02. The predicted molar refractivity (Wildman–Crippen MR) is 107 cm³/mol. The minimum Gasteiger partial charge on any atom is -0.466 e. The number of hydrogen-bond acceptors (Lipinski definition) is 4. The van der Waals surface area contributed by atoms with Gasteiger partial charge in [-0.2, -0.15) is 0 Å². The fourth-order valence-corrected chi connectivity index (χ4v) is 3.18. The van der Waals surface area contributed by atoms with Gasteiger partial charge in [-0.25, -0.2) is 0 Å². The van der Waals surface area contributed by atoms with E-state index in [1.54, 1.807) is 0 Å². The first-order valence-electron chi connectivity index (χ1n) is 10.8. The maximum absolute atomic E-state index is 10.6. The number of ether oxygens (including phenoxy) is 2. The number of esters is 2. The van der Waals surface area contributed by atoms with E-state index in [4.69, 9.17) is 9.47 Å². The van der Waals surface area contributed by atoms with Crippen LogP contribution in [0.25, 0.3) is 0 Å². The second-order valence-electron chi connectivity index (χ2n) is 7.61. The van der Waals surface area contributed by atoms with Crippen LogP contribution in [0.3, 0.4) is 0 Å². The fraction of sp³-hybridized carbons (Fsp3) is 0.909. The first-order valence-corrected chi connectivity index (χ1v) is 10.8. The molecule has 0 heterocycles. The van der Waals surface area contributed by atoms with Crippen LogP contribution in [-0.4, -0.2) is 25.2 Å². The minimum absolute atomic E-state index is 0.168. The summed E-state index contributed by atoms with van der Waals surface area (Å²) in [6, 6.07) is 0. The van der Waals surface area contributed by atoms with Crippen molar-refractivity contribution in [1.82, 2.24) is 0 Å². The maximum atomic E-state index is 10.6. The zero-order valence-corrected chi connectivity index (χ0v) is 17.5. The summed E-state index contributed by atoms with van der Waals surface area (Å²) in [5.41, 5.74) is 0. The van der Waals surface area contributed by atoms with Gasteiger partial charge in [0.15, 0.2) is 0 Å². The van der Waals surface area contributed by atoms with E-state index in [1.807, 2.05) is 0 Å². The molecule has 4 heteroatoms. The monoisotopic (exact) mass is 370 g/mol. The molecule has 0 aromatic carbocycles. The largest absolute Gasteiger partial charge is 0.466 e. The molecular formula is C22H42O4. The van der Waals surface area contributed by atoms with Gasteiger partial charge in [-0.15, -0.1) is 0 Å². The van der Waals surface area contributed by atoms with Crippen LogP contribution >= 0.6 is 0 Å². The van der Waals surface area contributed by atoms with Crippen molar-refractivity contribution in [2.75, 3.05) is 13.2 Å². The topological polar surface area (TPSA) is 52.6 Å². The van der Waals surface area contributed by atoms with E-state index in [1.165, 1.54) is 90.9 Å². The fourth-order valence-electron chi connectivity index (χ4n) is 3.18. The molecule has 0 aliphatic heterocycles. The molecule has 0 aromatic rings. The Bertz CT molecular complexity index is 309. The van der Waals surface area contributed by atoms with E-state index in [0.717, 1.165) is 18.8 Å². The summed E-state index contributed by atoms with van der Waals surface area (Å²) in [6.07, 6.45) is 17.5. The number of rotatable bonds is 18. The third-order valence-electron chi connectivity index (χ3n) is 4.79. The molecule has 0 amide bonds. The molecule has 0 aromatic heterocycles. The standard InChI is InChI=1S/C22H42O4/c1-20(16-12-8-4-6-10-14-18-25-21(2)23)17-13-9-5-7-11-15-19-26-22(3)24/h20H,4-19H2,1-3H3. The van der Waals surface area contributed by atoms with Gasteiger partial charge < -0.3 is 9.47 Å². The second-order valence-corrected chi connectivity index (χ2v) is 7.61. The van der Waals surface area contributed by atoms with Crippen LogP contribution in [0.4, 0.5) is 0 Å². The Balaban J connectivity index is 3.19. The van der Waals surface area contributed by atoms with Crippen LogP contribution in [0.5, 0.6) is 0 Å². The smallest absolute Gasteiger partial charge is 0.302 e. The van der Waals surface area contributed by atoms with Gasteiger partial charge >= 0.3 is 11.9 Å². The van der Waals surface area contributed by atoms with Crippen LogP contribution in [-0.2, 0) is 19.1 Å². The van der Waals surface area contributed by atoms with Gasteiger partial charge in [-0.05, 0) is 18.8 Å². The molecule has 0 aliphatic rings. The lowest BCUT2D eigenvalue weighted by Gasteiger charge is -2.11. The summed E-state index contributed by atoms with van der Waals surface area (Å²) in [7, 11) is 0. The van der Waals surface area contributed by atoms with E-state index >= 15 is 0 Å². The quantitative estimate of drug-likeness (QED) is 0.212. The van der Waals surface area contributed by atoms with Crippen LogP contribution < -0.4 is 0 Å². The molecule has 0 radical (unpaired) electrons. The van der Waals surface area contributed by atoms with Crippen molar-refractivity contribution in [2.45, 2.75) is 111 Å². The molecule has 0 rings (SSSR count). The summed E-state index contributed by atoms with van der Waals surface area (Å²) in [4.78, 5) is 21.3. The lowest BCUT2D eigenvalue weighted by Crippen LogP contribution is -2.00. The minimum atomic E-state index is -0.168. The Labute approximate surface area is 161 Å². The lowest BCUT2D eigenvalue weighted by molar-refractivity contribution is -0.142. The average molecular weight is 371 g/mol. The molecule has 154 valence electrons. The van der Waals surface area contributed by atoms with Gasteiger partial charge in [0.05, 0.1) is 13.2 Å². The van der Waals surface area contributed by atoms with Crippen molar-refractivity contribution in [3.05, 3.63) is 0 Å². The maximum Gasteiger partial charge on any atom is 0.302 e. The molecule has 0 N–H and O–H groups in total. The highest BCUT2D eigenvalue weighted by molar-refractivity contribution is 5.66. The van der Waals surface area contributed by atoms with E-state index in [-0.39, 0.29) is 11.9 Å². The van der Waals surface area contributed by atoms with Gasteiger partial charge in [0, 0.05) is 13.8 Å². The van der Waals surface area contributed by atoms with E-state index < -0.39 is 0 Å². The molecule has 0 atom stereocenters. The van der Waals surface area contributed by atoms with Crippen LogP contribution in [0.1, 0.15) is 111 Å². The van der Waals surface area contributed by atoms with Crippen LogP contribution in [0.15, 0.2) is 0 Å². The zero-order valence-electron chi connectivity index (χ0n) is 17.5. The Morgan fingerprint density at radius 3 is 1.23 bits per heavy atom. The second kappa shape index (κ2) is 18.7. The third kappa shape index (κ3) is 21.0.